The topological polar surface area (TPSA) is 48.4 Å². The molecule has 0 saturated heterocycles. The Kier molecular flexibility index (Phi) is 16.6. The van der Waals surface area contributed by atoms with Gasteiger partial charge in [0.25, 0.3) is 0 Å². The number of ether oxygens (including phenoxy) is 2. The molecule has 1 aromatic heterocycles. The van der Waals surface area contributed by atoms with E-state index in [1.165, 1.54) is 19.3 Å². The highest BCUT2D eigenvalue weighted by Gasteiger charge is 2.33. The first-order chi connectivity index (χ1) is 14.8. The molecule has 0 bridgehead atoms. The van der Waals surface area contributed by atoms with Crippen LogP contribution in [-0.4, -0.2) is 24.7 Å². The lowest BCUT2D eigenvalue weighted by atomic mass is 10.0. The average molecular weight is 442 g/mol. The normalized spacial score (nSPS) is 12.1. The zero-order chi connectivity index (χ0) is 24.4. The summed E-state index contributed by atoms with van der Waals surface area (Å²) in [6.07, 6.45) is 4.47. The van der Waals surface area contributed by atoms with E-state index in [2.05, 4.69) is 4.98 Å². The number of esters is 1. The number of hydrogen-bond acceptors (Lipinski definition) is 4. The van der Waals surface area contributed by atoms with Crippen LogP contribution >= 0.6 is 0 Å². The van der Waals surface area contributed by atoms with Crippen LogP contribution in [0.1, 0.15) is 65.4 Å². The molecule has 0 atom stereocenters. The number of halogens is 3. The van der Waals surface area contributed by atoms with Crippen molar-refractivity contribution < 1.29 is 27.4 Å². The lowest BCUT2D eigenvalue weighted by Gasteiger charge is -2.12. The van der Waals surface area contributed by atoms with Crippen molar-refractivity contribution in [2.24, 2.45) is 0 Å². The van der Waals surface area contributed by atoms with Crippen LogP contribution < -0.4 is 0 Å². The van der Waals surface area contributed by atoms with E-state index < -0.39 is 17.8 Å². The third kappa shape index (κ3) is 11.2. The maximum absolute atomic E-state index is 13.1. The van der Waals surface area contributed by atoms with Gasteiger partial charge in [0.05, 0.1) is 19.4 Å². The summed E-state index contributed by atoms with van der Waals surface area (Å²) in [5.41, 5.74) is -0.213. The highest BCUT2D eigenvalue weighted by Crippen LogP contribution is 2.31. The van der Waals surface area contributed by atoms with Crippen LogP contribution in [0.25, 0.3) is 11.6 Å². The van der Waals surface area contributed by atoms with Crippen molar-refractivity contribution in [1.29, 1.82) is 0 Å². The van der Waals surface area contributed by atoms with E-state index in [0.717, 1.165) is 12.1 Å². The van der Waals surface area contributed by atoms with Gasteiger partial charge in [0, 0.05) is 17.2 Å². The van der Waals surface area contributed by atoms with Crippen molar-refractivity contribution in [3.8, 4) is 0 Å². The van der Waals surface area contributed by atoms with Crippen LogP contribution in [0.2, 0.25) is 0 Å². The van der Waals surface area contributed by atoms with Crippen molar-refractivity contribution in [3.05, 3.63) is 65.2 Å². The highest BCUT2D eigenvalue weighted by molar-refractivity contribution is 5.89. The molecule has 0 amide bonds. The van der Waals surface area contributed by atoms with Crippen molar-refractivity contribution in [3.63, 3.8) is 0 Å². The van der Waals surface area contributed by atoms with E-state index in [1.807, 2.05) is 27.7 Å². The predicted molar refractivity (Wildman–Crippen MR) is 121 cm³/mol. The van der Waals surface area contributed by atoms with Crippen LogP contribution in [0, 0.1) is 0 Å². The zero-order valence-corrected chi connectivity index (χ0v) is 19.6. The maximum atomic E-state index is 13.1. The first-order valence-electron chi connectivity index (χ1n) is 10.2. The molecule has 1 heterocycles. The molecule has 4 nitrogen and oxygen atoms in total. The standard InChI is InChI=1S/C20H22F3NO3.2C2H6/c1-5-8-15(13-16(6-2)26-4)19-14(10-12-18(25)27-7-3)9-11-17(24-19)20(21,22)23;2*1-2/h5-6,8-13H,7H2,1-4H3;2*1-2H3/b8-5-,12-10+,15-13+,16-6+;;. The summed E-state index contributed by atoms with van der Waals surface area (Å²) in [6, 6.07) is 2.13. The van der Waals surface area contributed by atoms with Crippen LogP contribution in [0.5, 0.6) is 0 Å². The largest absolute Gasteiger partial charge is 0.497 e. The summed E-state index contributed by atoms with van der Waals surface area (Å²) in [4.78, 5) is 15.3. The Morgan fingerprint density at radius 1 is 1.10 bits per heavy atom. The van der Waals surface area contributed by atoms with Gasteiger partial charge < -0.3 is 9.47 Å². The lowest BCUT2D eigenvalue weighted by molar-refractivity contribution is -0.141. The number of carbonyl (C=O) groups excluding carboxylic acids is 1. The molecule has 0 aliphatic rings. The number of pyridine rings is 1. The Balaban J connectivity index is 0. The fraction of sp³-hybridized carbons (Fsp3) is 0.417. The second-order valence-electron chi connectivity index (χ2n) is 5.21. The molecule has 0 fully saturated rings. The van der Waals surface area contributed by atoms with Crippen LogP contribution in [0.4, 0.5) is 13.2 Å². The molecule has 0 N–H and O–H groups in total. The molecule has 174 valence electrons. The molecule has 0 aromatic carbocycles. The van der Waals surface area contributed by atoms with E-state index in [9.17, 15) is 18.0 Å². The molecular weight excluding hydrogens is 407 g/mol. The number of carbonyl (C=O) groups is 1. The highest BCUT2D eigenvalue weighted by atomic mass is 19.4. The summed E-state index contributed by atoms with van der Waals surface area (Å²) in [6.45, 7) is 13.3. The number of hydrogen-bond donors (Lipinski definition) is 0. The van der Waals surface area contributed by atoms with Crippen molar-refractivity contribution in [2.75, 3.05) is 13.7 Å². The second kappa shape index (κ2) is 16.9. The molecule has 0 aliphatic heterocycles. The predicted octanol–water partition coefficient (Wildman–Crippen LogP) is 7.24. The molecule has 0 unspecified atom stereocenters. The van der Waals surface area contributed by atoms with Crippen LogP contribution in [-0.2, 0) is 20.4 Å². The number of rotatable bonds is 7. The molecule has 0 radical (unpaired) electrons. The minimum absolute atomic E-state index is 0.0693. The molecule has 7 heteroatoms. The van der Waals surface area contributed by atoms with Gasteiger partial charge in [0.1, 0.15) is 11.5 Å². The molecule has 31 heavy (non-hydrogen) atoms. The minimum atomic E-state index is -4.59. The SMILES string of the molecule is CC.CC.C\C=C/C(=C\C(=C/C)OC)c1nc(C(F)(F)F)ccc1/C=C/C(=O)OCC. The van der Waals surface area contributed by atoms with Crippen molar-refractivity contribution in [1.82, 2.24) is 4.98 Å². The molecule has 1 aromatic rings. The Hall–Kier alpha value is -2.83. The smallest absolute Gasteiger partial charge is 0.433 e. The zero-order valence-electron chi connectivity index (χ0n) is 19.6. The van der Waals surface area contributed by atoms with E-state index in [4.69, 9.17) is 9.47 Å². The summed E-state index contributed by atoms with van der Waals surface area (Å²) in [5.74, 6) is -0.131. The van der Waals surface area contributed by atoms with Gasteiger partial charge in [-0.2, -0.15) is 13.2 Å². The Labute approximate surface area is 184 Å². The summed E-state index contributed by atoms with van der Waals surface area (Å²) < 4.78 is 49.4. The maximum Gasteiger partial charge on any atom is 0.433 e. The Bertz CT molecular complexity index is 777. The van der Waals surface area contributed by atoms with Crippen LogP contribution in [0.3, 0.4) is 0 Å². The second-order valence-corrected chi connectivity index (χ2v) is 5.21. The van der Waals surface area contributed by atoms with Gasteiger partial charge in [-0.15, -0.1) is 0 Å². The van der Waals surface area contributed by atoms with E-state index in [-0.39, 0.29) is 12.3 Å². The Morgan fingerprint density at radius 3 is 2.16 bits per heavy atom. The monoisotopic (exact) mass is 441 g/mol. The minimum Gasteiger partial charge on any atom is -0.497 e. The summed E-state index contributed by atoms with van der Waals surface area (Å²) >= 11 is 0. The quantitative estimate of drug-likeness (QED) is 0.194. The fourth-order valence-corrected chi connectivity index (χ4v) is 2.13. The summed E-state index contributed by atoms with van der Waals surface area (Å²) in [7, 11) is 1.46. The molecule has 1 rings (SSSR count). The first kappa shape index (κ1) is 30.4. The number of alkyl halides is 3. The first-order valence-corrected chi connectivity index (χ1v) is 10.2. The van der Waals surface area contributed by atoms with E-state index in [0.29, 0.717) is 16.9 Å². The number of nitrogens with zero attached hydrogens (tertiary/aromatic N) is 1. The fourth-order valence-electron chi connectivity index (χ4n) is 2.13. The van der Waals surface area contributed by atoms with Gasteiger partial charge >= 0.3 is 12.1 Å². The van der Waals surface area contributed by atoms with Gasteiger partial charge in [0.2, 0.25) is 0 Å². The molecule has 0 aliphatic carbocycles. The average Bonchev–Trinajstić information content (AvgIpc) is 2.77. The van der Waals surface area contributed by atoms with Gasteiger partial charge in [-0.25, -0.2) is 9.78 Å². The molecule has 0 saturated carbocycles. The lowest BCUT2D eigenvalue weighted by Crippen LogP contribution is -2.10. The molecular formula is C24H34F3NO3. The van der Waals surface area contributed by atoms with Crippen LogP contribution in [0.15, 0.2) is 48.3 Å². The van der Waals surface area contributed by atoms with Gasteiger partial charge in [0.15, 0.2) is 0 Å². The van der Waals surface area contributed by atoms with E-state index >= 15 is 0 Å². The number of aromatic nitrogens is 1. The van der Waals surface area contributed by atoms with Crippen molar-refractivity contribution >= 4 is 17.6 Å². The third-order valence-corrected chi connectivity index (χ3v) is 3.34. The third-order valence-electron chi connectivity index (χ3n) is 3.34. The van der Waals surface area contributed by atoms with Crippen molar-refractivity contribution in [2.45, 2.75) is 54.6 Å². The van der Waals surface area contributed by atoms with E-state index in [1.54, 1.807) is 45.1 Å². The Morgan fingerprint density at radius 2 is 1.71 bits per heavy atom. The van der Waals surface area contributed by atoms with Gasteiger partial charge in [-0.3, -0.25) is 0 Å². The van der Waals surface area contributed by atoms with Gasteiger partial charge in [-0.1, -0.05) is 45.9 Å². The van der Waals surface area contributed by atoms with Gasteiger partial charge in [-0.05, 0) is 45.1 Å². The molecule has 0 spiro atoms. The summed E-state index contributed by atoms with van der Waals surface area (Å²) in [5, 5.41) is 0. The number of methoxy groups -OCH3 is 1. The number of allylic oxidation sites excluding steroid dienone is 5.